The largest absolute Gasteiger partial charge is 0.480 e. The fourth-order valence-electron chi connectivity index (χ4n) is 3.88. The third-order valence-corrected chi connectivity index (χ3v) is 4.69. The summed E-state index contributed by atoms with van der Waals surface area (Å²) in [6, 6.07) is 7.47. The van der Waals surface area contributed by atoms with Crippen LogP contribution in [0.4, 0.5) is 4.39 Å². The van der Waals surface area contributed by atoms with E-state index in [0.29, 0.717) is 31.2 Å². The second-order valence-electron chi connectivity index (χ2n) is 6.50. The topological polar surface area (TPSA) is 63.3 Å². The molecule has 0 unspecified atom stereocenters. The lowest BCUT2D eigenvalue weighted by molar-refractivity contribution is -0.180. The Balaban J connectivity index is 1.70. The molecule has 0 atom stereocenters. The molecule has 3 rings (SSSR count). The highest BCUT2D eigenvalue weighted by atomic mass is 19.1. The second-order valence-corrected chi connectivity index (χ2v) is 6.50. The van der Waals surface area contributed by atoms with Crippen molar-refractivity contribution in [2.45, 2.75) is 43.8 Å². The highest BCUT2D eigenvalue weighted by Gasteiger charge is 2.67. The monoisotopic (exact) mass is 263 g/mol. The molecule has 1 aromatic rings. The van der Waals surface area contributed by atoms with Gasteiger partial charge in [-0.3, -0.25) is 4.79 Å². The maximum absolute atomic E-state index is 14.8. The van der Waals surface area contributed by atoms with Crippen LogP contribution >= 0.6 is 0 Å². The van der Waals surface area contributed by atoms with Gasteiger partial charge in [0.05, 0.1) is 0 Å². The van der Waals surface area contributed by atoms with E-state index in [-0.39, 0.29) is 5.41 Å². The van der Waals surface area contributed by atoms with Crippen molar-refractivity contribution in [3.63, 3.8) is 0 Å². The summed E-state index contributed by atoms with van der Waals surface area (Å²) in [5.41, 5.74) is 4.95. The zero-order valence-corrected chi connectivity index (χ0v) is 10.9. The second kappa shape index (κ2) is 3.57. The predicted molar refractivity (Wildman–Crippen MR) is 69.4 cm³/mol. The molecular weight excluding hydrogens is 245 g/mol. The Morgan fingerprint density at radius 1 is 1.21 bits per heavy atom. The van der Waals surface area contributed by atoms with Crippen LogP contribution in [0.5, 0.6) is 0 Å². The molecule has 0 aromatic heterocycles. The summed E-state index contributed by atoms with van der Waals surface area (Å²) in [5.74, 6) is -0.968. The van der Waals surface area contributed by atoms with E-state index in [1.54, 1.807) is 0 Å². The first kappa shape index (κ1) is 12.6. The maximum Gasteiger partial charge on any atom is 0.323 e. The summed E-state index contributed by atoms with van der Waals surface area (Å²) in [5, 5.41) is 9.00. The van der Waals surface area contributed by atoms with Crippen LogP contribution in [0, 0.1) is 12.3 Å². The van der Waals surface area contributed by atoms with Gasteiger partial charge in [0.2, 0.25) is 0 Å². The number of nitrogens with two attached hydrogens (primary N) is 1. The van der Waals surface area contributed by atoms with Crippen LogP contribution in [0.2, 0.25) is 0 Å². The fraction of sp³-hybridized carbons (Fsp3) is 0.533. The highest BCUT2D eigenvalue weighted by molar-refractivity contribution is 5.80. The van der Waals surface area contributed by atoms with E-state index in [1.165, 1.54) is 0 Å². The lowest BCUT2D eigenvalue weighted by Gasteiger charge is -2.62. The molecule has 0 amide bonds. The van der Waals surface area contributed by atoms with Gasteiger partial charge in [-0.15, -0.1) is 0 Å². The van der Waals surface area contributed by atoms with Gasteiger partial charge in [-0.25, -0.2) is 4.39 Å². The third kappa shape index (κ3) is 1.77. The van der Waals surface area contributed by atoms with Gasteiger partial charge in [0.15, 0.2) is 0 Å². The Kier molecular flexibility index (Phi) is 2.37. The summed E-state index contributed by atoms with van der Waals surface area (Å²) in [4.78, 5) is 11.0. The molecule has 2 fully saturated rings. The lowest BCUT2D eigenvalue weighted by Crippen LogP contribution is -2.68. The maximum atomic E-state index is 14.8. The van der Waals surface area contributed by atoms with Crippen LogP contribution in [0.1, 0.15) is 36.8 Å². The molecule has 1 spiro atoms. The van der Waals surface area contributed by atoms with Gasteiger partial charge in [-0.1, -0.05) is 29.8 Å². The first-order chi connectivity index (χ1) is 8.77. The van der Waals surface area contributed by atoms with E-state index in [1.807, 2.05) is 31.2 Å². The van der Waals surface area contributed by atoms with Gasteiger partial charge in [0.1, 0.15) is 11.2 Å². The molecule has 1 aromatic carbocycles. The molecular formula is C15H18FNO2. The van der Waals surface area contributed by atoms with Crippen molar-refractivity contribution in [1.82, 2.24) is 0 Å². The Morgan fingerprint density at radius 3 is 2.21 bits per heavy atom. The zero-order valence-electron chi connectivity index (χ0n) is 10.9. The van der Waals surface area contributed by atoms with Crippen molar-refractivity contribution in [2.75, 3.05) is 0 Å². The summed E-state index contributed by atoms with van der Waals surface area (Å²) >= 11 is 0. The Bertz CT molecular complexity index is 524. The molecule has 0 bridgehead atoms. The van der Waals surface area contributed by atoms with Gasteiger partial charge < -0.3 is 10.8 Å². The number of hydrogen-bond acceptors (Lipinski definition) is 2. The molecule has 19 heavy (non-hydrogen) atoms. The Labute approximate surface area is 111 Å². The van der Waals surface area contributed by atoms with Gasteiger partial charge >= 0.3 is 5.97 Å². The molecule has 2 aliphatic carbocycles. The van der Waals surface area contributed by atoms with Crippen LogP contribution in [0.3, 0.4) is 0 Å². The standard InChI is InChI=1S/C15H18FNO2/c1-10-2-4-11(5-3-10)14(16)6-13(7-14)8-15(17,9-13)12(18)19/h2-5H,6-9,17H2,1H3,(H,18,19). The third-order valence-electron chi connectivity index (χ3n) is 4.69. The van der Waals surface area contributed by atoms with Crippen molar-refractivity contribution in [2.24, 2.45) is 11.1 Å². The summed E-state index contributed by atoms with van der Waals surface area (Å²) < 4.78 is 14.8. The van der Waals surface area contributed by atoms with Gasteiger partial charge in [-0.2, -0.15) is 0 Å². The average molecular weight is 263 g/mol. The number of alkyl halides is 1. The SMILES string of the molecule is Cc1ccc(C2(F)CC3(CC(N)(C(=O)O)C3)C2)cc1. The van der Waals surface area contributed by atoms with Crippen LogP contribution in [0.25, 0.3) is 0 Å². The number of carboxylic acid groups (broad SMARTS) is 1. The summed E-state index contributed by atoms with van der Waals surface area (Å²) in [6.45, 7) is 1.97. The van der Waals surface area contributed by atoms with Crippen LogP contribution in [-0.2, 0) is 10.5 Å². The van der Waals surface area contributed by atoms with Crippen molar-refractivity contribution in [3.8, 4) is 0 Å². The number of aryl methyl sites for hydroxylation is 1. The molecule has 0 radical (unpaired) electrons. The number of benzene rings is 1. The van der Waals surface area contributed by atoms with Gasteiger partial charge in [-0.05, 0) is 43.6 Å². The molecule has 0 saturated heterocycles. The average Bonchev–Trinajstić information content (AvgIpc) is 2.25. The minimum absolute atomic E-state index is 0.188. The molecule has 4 heteroatoms. The minimum Gasteiger partial charge on any atom is -0.480 e. The van der Waals surface area contributed by atoms with E-state index in [2.05, 4.69) is 0 Å². The summed E-state index contributed by atoms with van der Waals surface area (Å²) in [7, 11) is 0. The van der Waals surface area contributed by atoms with Crippen molar-refractivity contribution in [1.29, 1.82) is 0 Å². The molecule has 102 valence electrons. The van der Waals surface area contributed by atoms with E-state index in [4.69, 9.17) is 10.8 Å². The Morgan fingerprint density at radius 2 is 1.74 bits per heavy atom. The normalized spacial score (nSPS) is 40.6. The molecule has 0 aliphatic heterocycles. The zero-order chi connectivity index (χ0) is 13.9. The smallest absolute Gasteiger partial charge is 0.323 e. The lowest BCUT2D eigenvalue weighted by atomic mass is 9.44. The fourth-order valence-corrected chi connectivity index (χ4v) is 3.88. The number of carbonyl (C=O) groups is 1. The van der Waals surface area contributed by atoms with Crippen molar-refractivity contribution < 1.29 is 14.3 Å². The van der Waals surface area contributed by atoms with Crippen molar-refractivity contribution >= 4 is 5.97 Å². The predicted octanol–water partition coefficient (Wildman–Crippen LogP) is 2.52. The van der Waals surface area contributed by atoms with E-state index < -0.39 is 17.2 Å². The van der Waals surface area contributed by atoms with Crippen LogP contribution in [-0.4, -0.2) is 16.6 Å². The van der Waals surface area contributed by atoms with E-state index in [9.17, 15) is 9.18 Å². The quantitative estimate of drug-likeness (QED) is 0.861. The molecule has 2 aliphatic rings. The minimum atomic E-state index is -1.30. The number of halogens is 1. The number of hydrogen-bond donors (Lipinski definition) is 2. The van der Waals surface area contributed by atoms with Gasteiger partial charge in [0, 0.05) is 0 Å². The van der Waals surface area contributed by atoms with Gasteiger partial charge in [0.25, 0.3) is 0 Å². The molecule has 3 N–H and O–H groups in total. The van der Waals surface area contributed by atoms with Crippen LogP contribution < -0.4 is 5.73 Å². The molecule has 3 nitrogen and oxygen atoms in total. The van der Waals surface area contributed by atoms with E-state index >= 15 is 0 Å². The number of carboxylic acids is 1. The first-order valence-corrected chi connectivity index (χ1v) is 6.56. The number of aliphatic carboxylic acids is 1. The van der Waals surface area contributed by atoms with Crippen molar-refractivity contribution in [3.05, 3.63) is 35.4 Å². The first-order valence-electron chi connectivity index (χ1n) is 6.56. The summed E-state index contributed by atoms with van der Waals surface area (Å²) in [6.07, 6.45) is 1.59. The molecule has 2 saturated carbocycles. The Hall–Kier alpha value is -1.42. The van der Waals surface area contributed by atoms with Crippen LogP contribution in [0.15, 0.2) is 24.3 Å². The van der Waals surface area contributed by atoms with E-state index in [0.717, 1.165) is 5.56 Å². The molecule has 0 heterocycles. The highest BCUT2D eigenvalue weighted by Crippen LogP contribution is 2.67. The number of rotatable bonds is 2.